The first-order valence-electron chi connectivity index (χ1n) is 13.4. The fourth-order valence-electron chi connectivity index (χ4n) is 5.13. The van der Waals surface area contributed by atoms with Crippen molar-refractivity contribution in [1.82, 2.24) is 4.98 Å². The third kappa shape index (κ3) is 4.68. The lowest BCUT2D eigenvalue weighted by molar-refractivity contribution is 1.28. The first kappa shape index (κ1) is 24.1. The highest BCUT2D eigenvalue weighted by Gasteiger charge is 2.15. The molecular formula is C37H26N2S. The van der Waals surface area contributed by atoms with Crippen molar-refractivity contribution in [2.75, 3.05) is 4.90 Å². The molecule has 3 heteroatoms. The molecule has 40 heavy (non-hydrogen) atoms. The number of benzene rings is 6. The maximum atomic E-state index is 4.93. The smallest absolute Gasteiger partial charge is 0.124 e. The van der Waals surface area contributed by atoms with Gasteiger partial charge < -0.3 is 4.90 Å². The van der Waals surface area contributed by atoms with E-state index in [0.717, 1.165) is 33.1 Å². The predicted octanol–water partition coefficient (Wildman–Crippen LogP) is 10.8. The number of hydrogen-bond donors (Lipinski definition) is 0. The molecule has 0 saturated heterocycles. The molecule has 6 aromatic carbocycles. The van der Waals surface area contributed by atoms with E-state index in [2.05, 4.69) is 157 Å². The van der Waals surface area contributed by atoms with Gasteiger partial charge in [0.05, 0.1) is 10.2 Å². The number of rotatable bonds is 6. The Balaban J connectivity index is 1.25. The number of anilines is 3. The van der Waals surface area contributed by atoms with Gasteiger partial charge in [-0.2, -0.15) is 0 Å². The largest absolute Gasteiger partial charge is 0.311 e. The van der Waals surface area contributed by atoms with Crippen LogP contribution >= 0.6 is 11.3 Å². The van der Waals surface area contributed by atoms with Gasteiger partial charge in [-0.25, -0.2) is 4.98 Å². The molecule has 7 rings (SSSR count). The summed E-state index contributed by atoms with van der Waals surface area (Å²) in [4.78, 5) is 7.24. The summed E-state index contributed by atoms with van der Waals surface area (Å²) in [6.45, 7) is 0. The number of nitrogens with zero attached hydrogens (tertiary/aromatic N) is 2. The maximum Gasteiger partial charge on any atom is 0.124 e. The fourth-order valence-corrected chi connectivity index (χ4v) is 6.23. The van der Waals surface area contributed by atoms with Crippen molar-refractivity contribution in [3.05, 3.63) is 158 Å². The molecule has 7 aromatic rings. The van der Waals surface area contributed by atoms with E-state index in [9.17, 15) is 0 Å². The molecular weight excluding hydrogens is 504 g/mol. The summed E-state index contributed by atoms with van der Waals surface area (Å²) < 4.78 is 1.21. The summed E-state index contributed by atoms with van der Waals surface area (Å²) in [6, 6.07) is 55.5. The minimum atomic E-state index is 1.04. The molecule has 0 bridgehead atoms. The molecule has 0 spiro atoms. The Kier molecular flexibility index (Phi) is 6.41. The zero-order valence-electron chi connectivity index (χ0n) is 21.8. The van der Waals surface area contributed by atoms with E-state index in [0.29, 0.717) is 0 Å². The molecule has 0 fully saturated rings. The van der Waals surface area contributed by atoms with E-state index in [1.54, 1.807) is 11.3 Å². The van der Waals surface area contributed by atoms with E-state index in [4.69, 9.17) is 4.98 Å². The number of hydrogen-bond acceptors (Lipinski definition) is 3. The molecule has 1 aromatic heterocycles. The molecule has 0 atom stereocenters. The van der Waals surface area contributed by atoms with Gasteiger partial charge >= 0.3 is 0 Å². The van der Waals surface area contributed by atoms with E-state index in [1.807, 2.05) is 6.07 Å². The van der Waals surface area contributed by atoms with Crippen LogP contribution in [0.3, 0.4) is 0 Å². The second-order valence-electron chi connectivity index (χ2n) is 9.67. The highest BCUT2D eigenvalue weighted by Crippen LogP contribution is 2.39. The maximum absolute atomic E-state index is 4.93. The van der Waals surface area contributed by atoms with Crippen molar-refractivity contribution < 1.29 is 0 Å². The molecule has 0 radical (unpaired) electrons. The van der Waals surface area contributed by atoms with Crippen LogP contribution in [0, 0.1) is 0 Å². The lowest BCUT2D eigenvalue weighted by atomic mass is 10.0. The Morgan fingerprint density at radius 3 is 1.52 bits per heavy atom. The SMILES string of the molecule is c1ccc(-c2ccc(N(c3ccccc3)c3ccc(-c4cccc5nc(-c6ccccc6)sc45)cc3)cc2)cc1. The average molecular weight is 531 g/mol. The standard InChI is InChI=1S/C37H26N2S/c1-4-11-27(12-5-1)28-19-23-32(24-20-28)39(31-15-8-3-9-16-31)33-25-21-29(22-26-33)34-17-10-18-35-36(34)40-37(38-35)30-13-6-2-7-14-30/h1-26H. The summed E-state index contributed by atoms with van der Waals surface area (Å²) >= 11 is 1.75. The highest BCUT2D eigenvalue weighted by molar-refractivity contribution is 7.22. The normalized spacial score (nSPS) is 11.0. The molecule has 0 aliphatic heterocycles. The minimum Gasteiger partial charge on any atom is -0.311 e. The monoisotopic (exact) mass is 530 g/mol. The summed E-state index contributed by atoms with van der Waals surface area (Å²) in [5.74, 6) is 0. The van der Waals surface area contributed by atoms with Gasteiger partial charge in [0.25, 0.3) is 0 Å². The molecule has 0 amide bonds. The average Bonchev–Trinajstić information content (AvgIpc) is 3.48. The van der Waals surface area contributed by atoms with Crippen LogP contribution in [0.15, 0.2) is 158 Å². The Morgan fingerprint density at radius 2 is 0.900 bits per heavy atom. The number of fused-ring (bicyclic) bond motifs is 1. The van der Waals surface area contributed by atoms with Gasteiger partial charge in [-0.1, -0.05) is 115 Å². The summed E-state index contributed by atoms with van der Waals surface area (Å²) in [6.07, 6.45) is 0. The van der Waals surface area contributed by atoms with Crippen LogP contribution in [-0.4, -0.2) is 4.98 Å². The van der Waals surface area contributed by atoms with Crippen molar-refractivity contribution in [3.8, 4) is 32.8 Å². The van der Waals surface area contributed by atoms with Crippen LogP contribution in [0.25, 0.3) is 43.0 Å². The van der Waals surface area contributed by atoms with Crippen LogP contribution in [0.2, 0.25) is 0 Å². The van der Waals surface area contributed by atoms with Gasteiger partial charge in [-0.15, -0.1) is 11.3 Å². The Bertz CT molecular complexity index is 1860. The Morgan fingerprint density at radius 1 is 0.400 bits per heavy atom. The van der Waals surface area contributed by atoms with Crippen molar-refractivity contribution >= 4 is 38.6 Å². The molecule has 0 aliphatic carbocycles. The minimum absolute atomic E-state index is 1.04. The zero-order chi connectivity index (χ0) is 26.7. The van der Waals surface area contributed by atoms with Crippen molar-refractivity contribution in [3.63, 3.8) is 0 Å². The molecule has 0 saturated carbocycles. The van der Waals surface area contributed by atoms with Gasteiger partial charge in [-0.05, 0) is 59.2 Å². The van der Waals surface area contributed by atoms with E-state index in [-0.39, 0.29) is 0 Å². The van der Waals surface area contributed by atoms with Gasteiger partial charge in [0.15, 0.2) is 0 Å². The zero-order valence-corrected chi connectivity index (χ0v) is 22.6. The summed E-state index contributed by atoms with van der Waals surface area (Å²) in [5, 5.41) is 1.05. The molecule has 0 N–H and O–H groups in total. The lowest BCUT2D eigenvalue weighted by Gasteiger charge is -2.26. The number of para-hydroxylation sites is 1. The molecule has 190 valence electrons. The third-order valence-corrected chi connectivity index (χ3v) is 8.27. The van der Waals surface area contributed by atoms with Crippen LogP contribution in [0.5, 0.6) is 0 Å². The van der Waals surface area contributed by atoms with E-state index >= 15 is 0 Å². The summed E-state index contributed by atoms with van der Waals surface area (Å²) in [7, 11) is 0. The lowest BCUT2D eigenvalue weighted by Crippen LogP contribution is -2.09. The molecule has 0 unspecified atom stereocenters. The van der Waals surface area contributed by atoms with Crippen molar-refractivity contribution in [1.29, 1.82) is 0 Å². The van der Waals surface area contributed by atoms with E-state index < -0.39 is 0 Å². The topological polar surface area (TPSA) is 16.1 Å². The van der Waals surface area contributed by atoms with Crippen LogP contribution in [0.4, 0.5) is 17.1 Å². The number of thiazole rings is 1. The van der Waals surface area contributed by atoms with Crippen LogP contribution in [-0.2, 0) is 0 Å². The predicted molar refractivity (Wildman–Crippen MR) is 171 cm³/mol. The van der Waals surface area contributed by atoms with Crippen molar-refractivity contribution in [2.24, 2.45) is 0 Å². The number of aromatic nitrogens is 1. The highest BCUT2D eigenvalue weighted by atomic mass is 32.1. The Labute approximate surface area is 238 Å². The summed E-state index contributed by atoms with van der Waals surface area (Å²) in [5.41, 5.74) is 10.4. The third-order valence-electron chi connectivity index (χ3n) is 7.12. The van der Waals surface area contributed by atoms with Gasteiger partial charge in [-0.3, -0.25) is 0 Å². The van der Waals surface area contributed by atoms with Crippen molar-refractivity contribution in [2.45, 2.75) is 0 Å². The van der Waals surface area contributed by atoms with Gasteiger partial charge in [0, 0.05) is 28.2 Å². The molecule has 1 heterocycles. The van der Waals surface area contributed by atoms with Crippen LogP contribution in [0.1, 0.15) is 0 Å². The molecule has 0 aliphatic rings. The van der Waals surface area contributed by atoms with Gasteiger partial charge in [0.1, 0.15) is 5.01 Å². The second kappa shape index (κ2) is 10.6. The first-order chi connectivity index (χ1) is 19.8. The fraction of sp³-hybridized carbons (Fsp3) is 0. The molecule has 2 nitrogen and oxygen atoms in total. The first-order valence-corrected chi connectivity index (χ1v) is 14.2. The van der Waals surface area contributed by atoms with Gasteiger partial charge in [0.2, 0.25) is 0 Å². The van der Waals surface area contributed by atoms with Crippen LogP contribution < -0.4 is 4.90 Å². The quantitative estimate of drug-likeness (QED) is 0.213. The second-order valence-corrected chi connectivity index (χ2v) is 10.7. The Hall–Kier alpha value is -4.99. The van der Waals surface area contributed by atoms with E-state index in [1.165, 1.54) is 27.0 Å².